The molecule has 0 unspecified atom stereocenters. The molecule has 0 bridgehead atoms. The Morgan fingerprint density at radius 1 is 1.18 bits per heavy atom. The Bertz CT molecular complexity index is 340. The molecular formula is C12H21N2O3+. The average molecular weight is 241 g/mol. The van der Waals surface area contributed by atoms with Crippen LogP contribution in [-0.4, -0.2) is 50.7 Å². The Hall–Kier alpha value is -1.62. The molecule has 0 aromatic heterocycles. The second kappa shape index (κ2) is 6.20. The maximum Gasteiger partial charge on any atom is 0.333 e. The van der Waals surface area contributed by atoms with Gasteiger partial charge in [-0.05, 0) is 0 Å². The van der Waals surface area contributed by atoms with Crippen molar-refractivity contribution < 1.29 is 18.8 Å². The molecule has 0 fully saturated rings. The van der Waals surface area contributed by atoms with E-state index in [0.29, 0.717) is 17.6 Å². The second-order valence-electron chi connectivity index (χ2n) is 4.90. The largest absolute Gasteiger partial charge is 0.456 e. The van der Waals surface area contributed by atoms with Crippen LogP contribution < -0.4 is 5.73 Å². The summed E-state index contributed by atoms with van der Waals surface area (Å²) in [5.41, 5.74) is 5.35. The van der Waals surface area contributed by atoms with Crippen LogP contribution in [0.3, 0.4) is 0 Å². The molecule has 0 aromatic carbocycles. The van der Waals surface area contributed by atoms with Gasteiger partial charge in [0.05, 0.1) is 21.1 Å². The summed E-state index contributed by atoms with van der Waals surface area (Å²) in [6.45, 7) is 8.01. The lowest BCUT2D eigenvalue weighted by Gasteiger charge is -2.23. The van der Waals surface area contributed by atoms with Gasteiger partial charge in [0.1, 0.15) is 13.2 Å². The number of primary amides is 1. The Morgan fingerprint density at radius 2 is 1.71 bits per heavy atom. The summed E-state index contributed by atoms with van der Waals surface area (Å²) in [5, 5.41) is 0. The topological polar surface area (TPSA) is 69.4 Å². The SMILES string of the molecule is C=C(CC(=C)C(=O)OCC[N+](C)(C)C)C(N)=O. The number of rotatable bonds is 7. The molecule has 5 heteroatoms. The number of hydrogen-bond donors (Lipinski definition) is 1. The zero-order valence-electron chi connectivity index (χ0n) is 10.8. The molecule has 17 heavy (non-hydrogen) atoms. The van der Waals surface area contributed by atoms with Gasteiger partial charge in [0.25, 0.3) is 0 Å². The maximum atomic E-state index is 11.5. The number of amides is 1. The van der Waals surface area contributed by atoms with Gasteiger partial charge in [0, 0.05) is 17.6 Å². The molecule has 0 radical (unpaired) electrons. The predicted octanol–water partition coefficient (Wildman–Crippen LogP) is 0.224. The second-order valence-corrected chi connectivity index (χ2v) is 4.90. The van der Waals surface area contributed by atoms with Crippen molar-refractivity contribution in [2.24, 2.45) is 5.73 Å². The van der Waals surface area contributed by atoms with E-state index in [-0.39, 0.29) is 17.6 Å². The summed E-state index contributed by atoms with van der Waals surface area (Å²) in [7, 11) is 5.99. The van der Waals surface area contributed by atoms with Crippen LogP contribution in [0.1, 0.15) is 6.42 Å². The smallest absolute Gasteiger partial charge is 0.333 e. The van der Waals surface area contributed by atoms with Gasteiger partial charge in [-0.2, -0.15) is 0 Å². The third-order valence-corrected chi connectivity index (χ3v) is 2.06. The molecule has 0 saturated carbocycles. The van der Waals surface area contributed by atoms with Gasteiger partial charge in [0.15, 0.2) is 0 Å². The van der Waals surface area contributed by atoms with E-state index in [1.807, 2.05) is 21.1 Å². The lowest BCUT2D eigenvalue weighted by molar-refractivity contribution is -0.870. The number of likely N-dealkylation sites (N-methyl/N-ethyl adjacent to an activating group) is 1. The van der Waals surface area contributed by atoms with Gasteiger partial charge in [-0.3, -0.25) is 4.79 Å². The van der Waals surface area contributed by atoms with E-state index in [1.54, 1.807) is 0 Å². The summed E-state index contributed by atoms with van der Waals surface area (Å²) >= 11 is 0. The van der Waals surface area contributed by atoms with Crippen molar-refractivity contribution in [1.82, 2.24) is 0 Å². The molecule has 0 spiro atoms. The number of carbonyl (C=O) groups is 2. The van der Waals surface area contributed by atoms with Gasteiger partial charge >= 0.3 is 5.97 Å². The fraction of sp³-hybridized carbons (Fsp3) is 0.500. The summed E-state index contributed by atoms with van der Waals surface area (Å²) in [6, 6.07) is 0. The Labute approximate surface area is 102 Å². The van der Waals surface area contributed by atoms with Gasteiger partial charge in [-0.25, -0.2) is 4.79 Å². The van der Waals surface area contributed by atoms with Crippen LogP contribution in [0.25, 0.3) is 0 Å². The molecule has 5 nitrogen and oxygen atoms in total. The molecule has 0 aliphatic heterocycles. The van der Waals surface area contributed by atoms with Gasteiger partial charge in [-0.1, -0.05) is 13.2 Å². The van der Waals surface area contributed by atoms with E-state index in [9.17, 15) is 9.59 Å². The molecule has 0 atom stereocenters. The molecule has 0 aromatic rings. The van der Waals surface area contributed by atoms with Crippen molar-refractivity contribution in [3.8, 4) is 0 Å². The van der Waals surface area contributed by atoms with Crippen LogP contribution >= 0.6 is 0 Å². The molecule has 0 aliphatic carbocycles. The molecule has 0 saturated heterocycles. The maximum absolute atomic E-state index is 11.5. The molecule has 2 N–H and O–H groups in total. The van der Waals surface area contributed by atoms with Crippen molar-refractivity contribution >= 4 is 11.9 Å². The number of esters is 1. The molecule has 0 rings (SSSR count). The van der Waals surface area contributed by atoms with Crippen molar-refractivity contribution in [3.05, 3.63) is 24.3 Å². The van der Waals surface area contributed by atoms with Gasteiger partial charge in [0.2, 0.25) is 5.91 Å². The lowest BCUT2D eigenvalue weighted by atomic mass is 10.1. The highest BCUT2D eigenvalue weighted by Gasteiger charge is 2.14. The van der Waals surface area contributed by atoms with Crippen molar-refractivity contribution in [1.29, 1.82) is 0 Å². The van der Waals surface area contributed by atoms with Crippen LogP contribution in [-0.2, 0) is 14.3 Å². The van der Waals surface area contributed by atoms with Crippen LogP contribution in [0.4, 0.5) is 0 Å². The highest BCUT2D eigenvalue weighted by atomic mass is 16.5. The first kappa shape index (κ1) is 15.4. The summed E-state index contributed by atoms with van der Waals surface area (Å²) in [4.78, 5) is 22.2. The standard InChI is InChI=1S/C12H20N2O3/c1-9(11(13)15)8-10(2)12(16)17-7-6-14(3,4)5/h1-2,6-8H2,3-5H3,(H-,13,15)/p+1. The van der Waals surface area contributed by atoms with Gasteiger partial charge in [-0.15, -0.1) is 0 Å². The quantitative estimate of drug-likeness (QED) is 0.394. The van der Waals surface area contributed by atoms with Crippen molar-refractivity contribution in [2.75, 3.05) is 34.3 Å². The van der Waals surface area contributed by atoms with Crippen LogP contribution in [0, 0.1) is 0 Å². The summed E-state index contributed by atoms with van der Waals surface area (Å²) in [5.74, 6) is -1.15. The third kappa shape index (κ3) is 7.30. The highest BCUT2D eigenvalue weighted by Crippen LogP contribution is 2.08. The monoisotopic (exact) mass is 241 g/mol. The van der Waals surface area contributed by atoms with E-state index < -0.39 is 11.9 Å². The zero-order chi connectivity index (χ0) is 13.6. The molecular weight excluding hydrogens is 220 g/mol. The Kier molecular flexibility index (Phi) is 5.61. The third-order valence-electron chi connectivity index (χ3n) is 2.06. The number of nitrogens with zero attached hydrogens (tertiary/aromatic N) is 1. The van der Waals surface area contributed by atoms with E-state index in [0.717, 1.165) is 0 Å². The number of hydrogen-bond acceptors (Lipinski definition) is 3. The highest BCUT2D eigenvalue weighted by molar-refractivity contribution is 5.95. The minimum Gasteiger partial charge on any atom is -0.456 e. The Balaban J connectivity index is 4.04. The predicted molar refractivity (Wildman–Crippen MR) is 65.9 cm³/mol. The van der Waals surface area contributed by atoms with E-state index in [4.69, 9.17) is 10.5 Å². The number of carbonyl (C=O) groups excluding carboxylic acids is 2. The van der Waals surface area contributed by atoms with Crippen LogP contribution in [0.5, 0.6) is 0 Å². The number of ether oxygens (including phenoxy) is 1. The first-order chi connectivity index (χ1) is 7.63. The normalized spacial score (nSPS) is 10.8. The minimum absolute atomic E-state index is 0.0541. The van der Waals surface area contributed by atoms with Crippen molar-refractivity contribution in [2.45, 2.75) is 6.42 Å². The van der Waals surface area contributed by atoms with Crippen LogP contribution in [0.2, 0.25) is 0 Å². The average Bonchev–Trinajstić information content (AvgIpc) is 2.15. The minimum atomic E-state index is -0.634. The molecule has 96 valence electrons. The molecule has 1 amide bonds. The lowest BCUT2D eigenvalue weighted by Crippen LogP contribution is -2.38. The van der Waals surface area contributed by atoms with E-state index in [2.05, 4.69) is 13.2 Å². The number of quaternary nitrogens is 1. The van der Waals surface area contributed by atoms with Crippen molar-refractivity contribution in [3.63, 3.8) is 0 Å². The fourth-order valence-corrected chi connectivity index (χ4v) is 0.931. The van der Waals surface area contributed by atoms with Crippen LogP contribution in [0.15, 0.2) is 24.3 Å². The first-order valence-corrected chi connectivity index (χ1v) is 5.26. The summed E-state index contributed by atoms with van der Waals surface area (Å²) < 4.78 is 5.72. The number of nitrogens with two attached hydrogens (primary N) is 1. The zero-order valence-corrected chi connectivity index (χ0v) is 10.8. The fourth-order valence-electron chi connectivity index (χ4n) is 0.931. The van der Waals surface area contributed by atoms with E-state index in [1.165, 1.54) is 0 Å². The van der Waals surface area contributed by atoms with E-state index >= 15 is 0 Å². The van der Waals surface area contributed by atoms with Gasteiger partial charge < -0.3 is 15.0 Å². The first-order valence-electron chi connectivity index (χ1n) is 5.26. The molecule has 0 aliphatic rings. The summed E-state index contributed by atoms with van der Waals surface area (Å²) in [6.07, 6.45) is 0.0541. The Morgan fingerprint density at radius 3 is 2.12 bits per heavy atom. The molecule has 0 heterocycles.